The monoisotopic (exact) mass is 358 g/mol. The first-order valence-corrected chi connectivity index (χ1v) is 9.14. The maximum atomic E-state index is 13.1. The fourth-order valence-corrected chi connectivity index (χ4v) is 3.20. The lowest BCUT2D eigenvalue weighted by Crippen LogP contribution is -2.43. The molecule has 6 nitrogen and oxygen atoms in total. The number of rotatable bonds is 5. The van der Waals surface area contributed by atoms with Gasteiger partial charge in [-0.15, -0.1) is 10.2 Å². The van der Waals surface area contributed by atoms with E-state index in [1.54, 1.807) is 0 Å². The van der Waals surface area contributed by atoms with E-state index in [-0.39, 0.29) is 5.82 Å². The minimum Gasteiger partial charge on any atom is -0.353 e. The third-order valence-electron chi connectivity index (χ3n) is 4.94. The van der Waals surface area contributed by atoms with Crippen molar-refractivity contribution in [1.82, 2.24) is 25.0 Å². The average Bonchev–Trinajstić information content (AvgIpc) is 3.25. The molecule has 7 heteroatoms. The van der Waals surface area contributed by atoms with Crippen LogP contribution in [0.2, 0.25) is 0 Å². The van der Waals surface area contributed by atoms with Crippen LogP contribution in [0.4, 0.5) is 4.39 Å². The van der Waals surface area contributed by atoms with Crippen LogP contribution in [0.3, 0.4) is 0 Å². The number of hydrogen-bond donors (Lipinski definition) is 1. The molecule has 0 saturated heterocycles. The highest BCUT2D eigenvalue weighted by Crippen LogP contribution is 2.18. The lowest BCUT2D eigenvalue weighted by molar-refractivity contribution is 0.456. The largest absolute Gasteiger partial charge is 0.353 e. The first-order valence-electron chi connectivity index (χ1n) is 9.14. The molecule has 0 bridgehead atoms. The lowest BCUT2D eigenvalue weighted by atomic mass is 10.2. The minimum atomic E-state index is -0.216. The van der Waals surface area contributed by atoms with E-state index < -0.39 is 0 Å². The molecule has 26 heavy (non-hydrogen) atoms. The fourth-order valence-electron chi connectivity index (χ4n) is 3.20. The summed E-state index contributed by atoms with van der Waals surface area (Å²) < 4.78 is 15.1. The smallest absolute Gasteiger partial charge is 0.194 e. The van der Waals surface area contributed by atoms with E-state index in [4.69, 9.17) is 4.99 Å². The Kier molecular flexibility index (Phi) is 5.85. The quantitative estimate of drug-likeness (QED) is 0.660. The predicted octanol–water partition coefficient (Wildman–Crippen LogP) is 2.78. The Morgan fingerprint density at radius 1 is 1.27 bits per heavy atom. The molecular weight excluding hydrogens is 331 g/mol. The van der Waals surface area contributed by atoms with Gasteiger partial charge in [0, 0.05) is 26.7 Å². The second-order valence-corrected chi connectivity index (χ2v) is 6.97. The number of nitrogens with one attached hydrogen (secondary N) is 1. The summed E-state index contributed by atoms with van der Waals surface area (Å²) in [6.07, 6.45) is 4.86. The van der Waals surface area contributed by atoms with Crippen molar-refractivity contribution in [3.8, 4) is 0 Å². The summed E-state index contributed by atoms with van der Waals surface area (Å²) in [5.74, 6) is 2.34. The first kappa shape index (κ1) is 18.4. The molecule has 1 fully saturated rings. The number of nitrogens with zero attached hydrogens (tertiary/aromatic N) is 5. The van der Waals surface area contributed by atoms with Gasteiger partial charge >= 0.3 is 0 Å². The molecule has 1 saturated carbocycles. The number of benzene rings is 1. The van der Waals surface area contributed by atoms with Crippen LogP contribution in [0.25, 0.3) is 0 Å². The molecule has 1 N–H and O–H groups in total. The van der Waals surface area contributed by atoms with Crippen LogP contribution in [0.5, 0.6) is 0 Å². The van der Waals surface area contributed by atoms with Gasteiger partial charge in [0.15, 0.2) is 11.8 Å². The van der Waals surface area contributed by atoms with Gasteiger partial charge in [-0.2, -0.15) is 0 Å². The van der Waals surface area contributed by atoms with Crippen molar-refractivity contribution in [3.63, 3.8) is 0 Å². The van der Waals surface area contributed by atoms with Gasteiger partial charge in [-0.25, -0.2) is 9.38 Å². The molecule has 0 amide bonds. The summed E-state index contributed by atoms with van der Waals surface area (Å²) in [5.41, 5.74) is 1.05. The molecule has 0 aliphatic heterocycles. The van der Waals surface area contributed by atoms with Gasteiger partial charge < -0.3 is 14.8 Å². The molecule has 0 unspecified atom stereocenters. The summed E-state index contributed by atoms with van der Waals surface area (Å²) in [4.78, 5) is 6.86. The van der Waals surface area contributed by atoms with E-state index in [2.05, 4.69) is 20.4 Å². The van der Waals surface area contributed by atoms with Crippen molar-refractivity contribution in [2.75, 3.05) is 7.05 Å². The molecule has 1 aliphatic carbocycles. The molecule has 1 aliphatic rings. The van der Waals surface area contributed by atoms with Crippen LogP contribution in [0, 0.1) is 12.7 Å². The minimum absolute atomic E-state index is 0.216. The first-order chi connectivity index (χ1) is 12.5. The van der Waals surface area contributed by atoms with E-state index in [1.807, 2.05) is 37.7 Å². The number of aromatic nitrogens is 3. The number of guanidine groups is 1. The average molecular weight is 358 g/mol. The predicted molar refractivity (Wildman–Crippen MR) is 100 cm³/mol. The Labute approximate surface area is 154 Å². The second-order valence-electron chi connectivity index (χ2n) is 6.97. The van der Waals surface area contributed by atoms with E-state index in [0.29, 0.717) is 19.1 Å². The van der Waals surface area contributed by atoms with E-state index in [0.717, 1.165) is 23.2 Å². The molecular formula is C19H27FN6. The van der Waals surface area contributed by atoms with E-state index in [9.17, 15) is 4.39 Å². The van der Waals surface area contributed by atoms with Gasteiger partial charge in [-0.05, 0) is 37.5 Å². The SMILES string of the molecule is Cc1nnc(CN=C(NC2CCCC2)N(C)Cc2ccc(F)cc2)n1C. The summed E-state index contributed by atoms with van der Waals surface area (Å²) in [6.45, 7) is 3.06. The maximum Gasteiger partial charge on any atom is 0.194 e. The second kappa shape index (κ2) is 8.29. The van der Waals surface area contributed by atoms with Gasteiger partial charge in [-0.3, -0.25) is 0 Å². The molecule has 1 aromatic heterocycles. The van der Waals surface area contributed by atoms with Crippen LogP contribution >= 0.6 is 0 Å². The zero-order chi connectivity index (χ0) is 18.5. The van der Waals surface area contributed by atoms with Gasteiger partial charge in [0.2, 0.25) is 0 Å². The van der Waals surface area contributed by atoms with Crippen molar-refractivity contribution in [2.24, 2.45) is 12.0 Å². The molecule has 0 radical (unpaired) electrons. The fraction of sp³-hybridized carbons (Fsp3) is 0.526. The molecule has 140 valence electrons. The lowest BCUT2D eigenvalue weighted by Gasteiger charge is -2.25. The van der Waals surface area contributed by atoms with Crippen LogP contribution in [-0.4, -0.2) is 38.7 Å². The van der Waals surface area contributed by atoms with Crippen molar-refractivity contribution in [2.45, 2.75) is 51.7 Å². The van der Waals surface area contributed by atoms with Gasteiger partial charge in [0.25, 0.3) is 0 Å². The topological polar surface area (TPSA) is 58.3 Å². The van der Waals surface area contributed by atoms with Crippen LogP contribution < -0.4 is 5.32 Å². The van der Waals surface area contributed by atoms with Gasteiger partial charge in [-0.1, -0.05) is 25.0 Å². The number of halogens is 1. The van der Waals surface area contributed by atoms with Crippen molar-refractivity contribution in [3.05, 3.63) is 47.3 Å². The summed E-state index contributed by atoms with van der Waals surface area (Å²) in [5, 5.41) is 11.9. The molecule has 1 aromatic carbocycles. The van der Waals surface area contributed by atoms with Gasteiger partial charge in [0.1, 0.15) is 18.2 Å². The molecule has 2 aromatic rings. The van der Waals surface area contributed by atoms with Crippen molar-refractivity contribution >= 4 is 5.96 Å². The zero-order valence-corrected chi connectivity index (χ0v) is 15.7. The Bertz CT molecular complexity index is 746. The van der Waals surface area contributed by atoms with Crippen molar-refractivity contribution in [1.29, 1.82) is 0 Å². The Hall–Kier alpha value is -2.44. The zero-order valence-electron chi connectivity index (χ0n) is 15.7. The van der Waals surface area contributed by atoms with Gasteiger partial charge in [0.05, 0.1) is 0 Å². The third-order valence-corrected chi connectivity index (χ3v) is 4.94. The Morgan fingerprint density at radius 2 is 1.96 bits per heavy atom. The highest BCUT2D eigenvalue weighted by Gasteiger charge is 2.18. The van der Waals surface area contributed by atoms with Crippen LogP contribution in [0.1, 0.15) is 42.9 Å². The Balaban J connectivity index is 1.73. The van der Waals surface area contributed by atoms with Crippen LogP contribution in [0.15, 0.2) is 29.3 Å². The number of aliphatic imine (C=N–C) groups is 1. The third kappa shape index (κ3) is 4.59. The highest BCUT2D eigenvalue weighted by atomic mass is 19.1. The number of hydrogen-bond acceptors (Lipinski definition) is 3. The highest BCUT2D eigenvalue weighted by molar-refractivity contribution is 5.80. The van der Waals surface area contributed by atoms with E-state index in [1.165, 1.54) is 37.8 Å². The van der Waals surface area contributed by atoms with Crippen LogP contribution in [-0.2, 0) is 20.1 Å². The number of aryl methyl sites for hydroxylation is 1. The molecule has 0 atom stereocenters. The summed E-state index contributed by atoms with van der Waals surface area (Å²) in [6, 6.07) is 7.07. The summed E-state index contributed by atoms with van der Waals surface area (Å²) >= 11 is 0. The standard InChI is InChI=1S/C19H27FN6/c1-14-23-24-18(26(14)3)12-21-19(22-17-6-4-5-7-17)25(2)13-15-8-10-16(20)11-9-15/h8-11,17H,4-7,12-13H2,1-3H3,(H,21,22). The maximum absolute atomic E-state index is 13.1. The molecule has 3 rings (SSSR count). The molecule has 1 heterocycles. The Morgan fingerprint density at radius 3 is 2.58 bits per heavy atom. The van der Waals surface area contributed by atoms with Crippen molar-refractivity contribution < 1.29 is 4.39 Å². The normalized spacial score (nSPS) is 15.5. The van der Waals surface area contributed by atoms with E-state index >= 15 is 0 Å². The summed E-state index contributed by atoms with van der Waals surface area (Å²) in [7, 11) is 3.96. The molecule has 0 spiro atoms.